The number of hydrogen-bond donors (Lipinski definition) is 0. The first-order valence-corrected chi connectivity index (χ1v) is 5.70. The maximum atomic E-state index is 5.63. The van der Waals surface area contributed by atoms with E-state index in [0.29, 0.717) is 0 Å². The second-order valence-corrected chi connectivity index (χ2v) is 4.59. The van der Waals surface area contributed by atoms with E-state index < -0.39 is 0 Å². The molecule has 1 aromatic heterocycles. The minimum Gasteiger partial charge on any atom is -0.496 e. The molecule has 3 heteroatoms. The molecule has 0 N–H and O–H groups in total. The number of hydrogen-bond acceptors (Lipinski definition) is 3. The monoisotopic (exact) mass is 221 g/mol. The van der Waals surface area contributed by atoms with Crippen molar-refractivity contribution in [1.82, 2.24) is 4.98 Å². The highest BCUT2D eigenvalue weighted by Gasteiger charge is 2.35. The van der Waals surface area contributed by atoms with Crippen LogP contribution in [-0.2, 0) is 16.8 Å². The predicted octanol–water partition coefficient (Wildman–Crippen LogP) is 2.60. The minimum atomic E-state index is -0.255. The van der Waals surface area contributed by atoms with Gasteiger partial charge in [0.25, 0.3) is 0 Å². The van der Waals surface area contributed by atoms with Crippen LogP contribution in [0.1, 0.15) is 36.6 Å². The second kappa shape index (κ2) is 4.06. The zero-order chi connectivity index (χ0) is 11.8. The molecule has 0 aromatic carbocycles. The molecule has 1 aromatic rings. The molecular formula is C13H19NO2. The standard InChI is InChI=1S/C13H19NO2/c1-9-8-14-12-10(11(9)15-3)6-5-7-13(12,2)16-4/h8H,5-7H2,1-4H3. The predicted molar refractivity (Wildman–Crippen MR) is 62.8 cm³/mol. The molecule has 1 atom stereocenters. The quantitative estimate of drug-likeness (QED) is 0.769. The smallest absolute Gasteiger partial charge is 0.128 e. The van der Waals surface area contributed by atoms with Crippen molar-refractivity contribution in [2.75, 3.05) is 14.2 Å². The fourth-order valence-corrected chi connectivity index (χ4v) is 2.53. The molecule has 0 fully saturated rings. The number of aromatic nitrogens is 1. The van der Waals surface area contributed by atoms with Crippen LogP contribution in [0.2, 0.25) is 0 Å². The summed E-state index contributed by atoms with van der Waals surface area (Å²) in [5, 5.41) is 0. The van der Waals surface area contributed by atoms with E-state index in [9.17, 15) is 0 Å². The van der Waals surface area contributed by atoms with Crippen molar-refractivity contribution in [1.29, 1.82) is 0 Å². The van der Waals surface area contributed by atoms with Crippen LogP contribution in [0.3, 0.4) is 0 Å². The molecule has 1 aliphatic rings. The third-order valence-corrected chi connectivity index (χ3v) is 3.54. The molecule has 1 heterocycles. The van der Waals surface area contributed by atoms with Crippen LogP contribution in [0.4, 0.5) is 0 Å². The first-order chi connectivity index (χ1) is 7.62. The Kier molecular flexibility index (Phi) is 2.89. The summed E-state index contributed by atoms with van der Waals surface area (Å²) >= 11 is 0. The van der Waals surface area contributed by atoms with E-state index in [1.165, 1.54) is 5.56 Å². The Morgan fingerprint density at radius 3 is 2.75 bits per heavy atom. The van der Waals surface area contributed by atoms with E-state index in [1.807, 2.05) is 13.1 Å². The zero-order valence-corrected chi connectivity index (χ0v) is 10.5. The van der Waals surface area contributed by atoms with Crippen LogP contribution >= 0.6 is 0 Å². The zero-order valence-electron chi connectivity index (χ0n) is 10.5. The second-order valence-electron chi connectivity index (χ2n) is 4.59. The highest BCUT2D eigenvalue weighted by Crippen LogP contribution is 2.40. The van der Waals surface area contributed by atoms with Crippen LogP contribution < -0.4 is 4.74 Å². The summed E-state index contributed by atoms with van der Waals surface area (Å²) in [7, 11) is 3.48. The number of nitrogens with zero attached hydrogens (tertiary/aromatic N) is 1. The van der Waals surface area contributed by atoms with Gasteiger partial charge in [0.05, 0.1) is 12.8 Å². The van der Waals surface area contributed by atoms with E-state index in [-0.39, 0.29) is 5.60 Å². The van der Waals surface area contributed by atoms with E-state index in [1.54, 1.807) is 14.2 Å². The van der Waals surface area contributed by atoms with Crippen molar-refractivity contribution < 1.29 is 9.47 Å². The summed E-state index contributed by atoms with van der Waals surface area (Å²) in [4.78, 5) is 4.55. The van der Waals surface area contributed by atoms with Crippen molar-refractivity contribution >= 4 is 0 Å². The fraction of sp³-hybridized carbons (Fsp3) is 0.615. The maximum absolute atomic E-state index is 5.63. The number of ether oxygens (including phenoxy) is 2. The van der Waals surface area contributed by atoms with Gasteiger partial charge in [-0.1, -0.05) is 0 Å². The Balaban J connectivity index is 2.60. The van der Waals surface area contributed by atoms with Crippen molar-refractivity contribution in [2.24, 2.45) is 0 Å². The highest BCUT2D eigenvalue weighted by molar-refractivity contribution is 5.45. The van der Waals surface area contributed by atoms with E-state index >= 15 is 0 Å². The first kappa shape index (κ1) is 11.4. The number of methoxy groups -OCH3 is 2. The number of aryl methyl sites for hydroxylation is 1. The molecule has 0 radical (unpaired) electrons. The average molecular weight is 221 g/mol. The molecule has 3 nitrogen and oxygen atoms in total. The largest absolute Gasteiger partial charge is 0.496 e. The van der Waals surface area contributed by atoms with Gasteiger partial charge in [0.2, 0.25) is 0 Å². The molecule has 0 bridgehead atoms. The molecule has 1 aliphatic carbocycles. The summed E-state index contributed by atoms with van der Waals surface area (Å²) in [5.41, 5.74) is 3.11. The molecule has 0 amide bonds. The van der Waals surface area contributed by atoms with Gasteiger partial charge in [-0.05, 0) is 33.1 Å². The normalized spacial score (nSPS) is 24.0. The maximum Gasteiger partial charge on any atom is 0.128 e. The van der Waals surface area contributed by atoms with Gasteiger partial charge < -0.3 is 9.47 Å². The van der Waals surface area contributed by atoms with Crippen molar-refractivity contribution in [2.45, 2.75) is 38.7 Å². The molecule has 88 valence electrons. The van der Waals surface area contributed by atoms with E-state index in [4.69, 9.17) is 9.47 Å². The molecule has 0 aliphatic heterocycles. The SMILES string of the molecule is COc1c(C)cnc2c1CCCC2(C)OC. The Morgan fingerprint density at radius 2 is 2.12 bits per heavy atom. The van der Waals surface area contributed by atoms with Crippen molar-refractivity contribution in [3.63, 3.8) is 0 Å². The molecule has 0 spiro atoms. The molecule has 2 rings (SSSR count). The van der Waals surface area contributed by atoms with Gasteiger partial charge in [0.1, 0.15) is 11.4 Å². The van der Waals surface area contributed by atoms with Crippen molar-refractivity contribution in [3.8, 4) is 5.75 Å². The molecule has 0 saturated carbocycles. The van der Waals surface area contributed by atoms with Gasteiger partial charge in [-0.3, -0.25) is 4.98 Å². The van der Waals surface area contributed by atoms with Gasteiger partial charge in [0.15, 0.2) is 0 Å². The summed E-state index contributed by atoms with van der Waals surface area (Å²) < 4.78 is 11.1. The van der Waals surface area contributed by atoms with Crippen LogP contribution in [0.5, 0.6) is 5.75 Å². The Labute approximate surface area is 96.8 Å². The number of rotatable bonds is 2. The van der Waals surface area contributed by atoms with Gasteiger partial charge in [-0.15, -0.1) is 0 Å². The first-order valence-electron chi connectivity index (χ1n) is 5.70. The topological polar surface area (TPSA) is 31.4 Å². The third kappa shape index (κ3) is 1.59. The van der Waals surface area contributed by atoms with Gasteiger partial charge in [-0.25, -0.2) is 0 Å². The number of fused-ring (bicyclic) bond motifs is 1. The molecule has 16 heavy (non-hydrogen) atoms. The van der Waals surface area contributed by atoms with Crippen LogP contribution in [0.15, 0.2) is 6.20 Å². The molecule has 1 unspecified atom stereocenters. The Morgan fingerprint density at radius 1 is 1.38 bits per heavy atom. The van der Waals surface area contributed by atoms with E-state index in [2.05, 4.69) is 11.9 Å². The minimum absolute atomic E-state index is 0.255. The lowest BCUT2D eigenvalue weighted by molar-refractivity contribution is -0.0167. The lowest BCUT2D eigenvalue weighted by Crippen LogP contribution is -2.31. The van der Waals surface area contributed by atoms with E-state index in [0.717, 1.165) is 36.3 Å². The van der Waals surface area contributed by atoms with Crippen LogP contribution in [0.25, 0.3) is 0 Å². The fourth-order valence-electron chi connectivity index (χ4n) is 2.53. The van der Waals surface area contributed by atoms with Crippen LogP contribution in [0, 0.1) is 6.92 Å². The Hall–Kier alpha value is -1.09. The number of pyridine rings is 1. The third-order valence-electron chi connectivity index (χ3n) is 3.54. The van der Waals surface area contributed by atoms with Gasteiger partial charge in [-0.2, -0.15) is 0 Å². The molecule has 0 saturated heterocycles. The summed E-state index contributed by atoms with van der Waals surface area (Å²) in [6.07, 6.45) is 5.06. The lowest BCUT2D eigenvalue weighted by atomic mass is 9.83. The summed E-state index contributed by atoms with van der Waals surface area (Å²) in [5.74, 6) is 0.980. The lowest BCUT2D eigenvalue weighted by Gasteiger charge is -2.34. The van der Waals surface area contributed by atoms with Crippen LogP contribution in [-0.4, -0.2) is 19.2 Å². The van der Waals surface area contributed by atoms with Gasteiger partial charge in [0, 0.05) is 24.4 Å². The van der Waals surface area contributed by atoms with Crippen molar-refractivity contribution in [3.05, 3.63) is 23.0 Å². The Bertz CT molecular complexity index is 403. The van der Waals surface area contributed by atoms with Gasteiger partial charge >= 0.3 is 0 Å². The summed E-state index contributed by atoms with van der Waals surface area (Å²) in [6, 6.07) is 0. The molecular weight excluding hydrogens is 202 g/mol. The highest BCUT2D eigenvalue weighted by atomic mass is 16.5. The summed E-state index contributed by atoms with van der Waals surface area (Å²) in [6.45, 7) is 4.14. The average Bonchev–Trinajstić information content (AvgIpc) is 2.29.